The predicted molar refractivity (Wildman–Crippen MR) is 69.9 cm³/mol. The zero-order valence-corrected chi connectivity index (χ0v) is 11.1. The fraction of sp³-hybridized carbons (Fsp3) is 0.500. The Morgan fingerprint density at radius 3 is 2.50 bits per heavy atom. The van der Waals surface area contributed by atoms with E-state index in [-0.39, 0.29) is 17.3 Å². The minimum atomic E-state index is -2.93. The monoisotopic (exact) mass is 272 g/mol. The molecule has 1 saturated heterocycles. The van der Waals surface area contributed by atoms with Gasteiger partial charge in [-0.15, -0.1) is 0 Å². The second kappa shape index (κ2) is 4.85. The highest BCUT2D eigenvalue weighted by molar-refractivity contribution is 7.91. The molecule has 6 heteroatoms. The second-order valence-electron chi connectivity index (χ2n) is 4.60. The molecule has 4 nitrogen and oxygen atoms in total. The first kappa shape index (κ1) is 13.3. The average molecular weight is 272 g/mol. The molecule has 0 aliphatic carbocycles. The van der Waals surface area contributed by atoms with Crippen LogP contribution < -0.4 is 10.6 Å². The van der Waals surface area contributed by atoms with Crippen LogP contribution in [0.25, 0.3) is 0 Å². The lowest BCUT2D eigenvalue weighted by molar-refractivity contribution is 0.582. The number of benzene rings is 1. The van der Waals surface area contributed by atoms with Crippen LogP contribution in [0.1, 0.15) is 18.5 Å². The molecule has 2 N–H and O–H groups in total. The Hall–Kier alpha value is -1.14. The normalized spacial score (nSPS) is 20.7. The summed E-state index contributed by atoms with van der Waals surface area (Å²) in [6.45, 7) is 2.51. The molecule has 100 valence electrons. The minimum Gasteiger partial charge on any atom is -0.369 e. The van der Waals surface area contributed by atoms with Crippen molar-refractivity contribution in [3.05, 3.63) is 29.6 Å². The Balaban J connectivity index is 2.32. The van der Waals surface area contributed by atoms with E-state index in [4.69, 9.17) is 5.73 Å². The lowest BCUT2D eigenvalue weighted by Gasteiger charge is -2.31. The van der Waals surface area contributed by atoms with E-state index in [0.717, 1.165) is 0 Å². The van der Waals surface area contributed by atoms with Gasteiger partial charge in [-0.1, -0.05) is 6.07 Å². The van der Waals surface area contributed by atoms with Crippen LogP contribution in [0.15, 0.2) is 18.2 Å². The van der Waals surface area contributed by atoms with Gasteiger partial charge in [0, 0.05) is 30.4 Å². The van der Waals surface area contributed by atoms with Crippen molar-refractivity contribution < 1.29 is 12.8 Å². The van der Waals surface area contributed by atoms with E-state index in [9.17, 15) is 12.8 Å². The molecule has 1 aromatic rings. The summed E-state index contributed by atoms with van der Waals surface area (Å²) < 4.78 is 36.6. The number of anilines is 1. The molecule has 0 radical (unpaired) electrons. The molecular formula is C12H17FN2O2S. The molecule has 1 aromatic carbocycles. The van der Waals surface area contributed by atoms with Gasteiger partial charge < -0.3 is 10.6 Å². The molecule has 0 bridgehead atoms. The van der Waals surface area contributed by atoms with E-state index in [1.807, 2.05) is 4.90 Å². The highest BCUT2D eigenvalue weighted by atomic mass is 32.2. The summed E-state index contributed by atoms with van der Waals surface area (Å²) in [6.07, 6.45) is 0. The van der Waals surface area contributed by atoms with E-state index < -0.39 is 15.9 Å². The number of nitrogens with two attached hydrogens (primary N) is 1. The molecular weight excluding hydrogens is 255 g/mol. The largest absolute Gasteiger partial charge is 0.369 e. The van der Waals surface area contributed by atoms with Crippen molar-refractivity contribution >= 4 is 15.5 Å². The first-order valence-electron chi connectivity index (χ1n) is 5.90. The van der Waals surface area contributed by atoms with Gasteiger partial charge in [0.1, 0.15) is 5.82 Å². The summed E-state index contributed by atoms with van der Waals surface area (Å²) in [7, 11) is -2.93. The Kier molecular flexibility index (Phi) is 3.59. The third-order valence-electron chi connectivity index (χ3n) is 3.17. The highest BCUT2D eigenvalue weighted by Gasteiger charge is 2.24. The van der Waals surface area contributed by atoms with Crippen LogP contribution in [0.4, 0.5) is 10.1 Å². The molecule has 0 amide bonds. The van der Waals surface area contributed by atoms with Gasteiger partial charge in [0.25, 0.3) is 0 Å². The molecule has 0 spiro atoms. The summed E-state index contributed by atoms with van der Waals surface area (Å²) in [4.78, 5) is 1.89. The van der Waals surface area contributed by atoms with Crippen LogP contribution in [0, 0.1) is 5.82 Å². The molecule has 1 aliphatic heterocycles. The Morgan fingerprint density at radius 1 is 1.33 bits per heavy atom. The molecule has 0 saturated carbocycles. The van der Waals surface area contributed by atoms with E-state index in [1.54, 1.807) is 19.1 Å². The first-order chi connectivity index (χ1) is 8.41. The SMILES string of the molecule is CC(N)c1c(F)cccc1N1CCS(=O)(=O)CC1. The first-order valence-corrected chi connectivity index (χ1v) is 7.72. The van der Waals surface area contributed by atoms with Gasteiger partial charge in [-0.25, -0.2) is 12.8 Å². The van der Waals surface area contributed by atoms with Crippen molar-refractivity contribution in [3.8, 4) is 0 Å². The van der Waals surface area contributed by atoms with Gasteiger partial charge in [-0.05, 0) is 19.1 Å². The van der Waals surface area contributed by atoms with E-state index in [2.05, 4.69) is 0 Å². The average Bonchev–Trinajstić information content (AvgIpc) is 2.28. The summed E-state index contributed by atoms with van der Waals surface area (Å²) in [5.74, 6) is -0.111. The molecule has 2 rings (SSSR count). The second-order valence-corrected chi connectivity index (χ2v) is 6.90. The lowest BCUT2D eigenvalue weighted by atomic mass is 10.0. The lowest BCUT2D eigenvalue weighted by Crippen LogP contribution is -2.41. The quantitative estimate of drug-likeness (QED) is 0.875. The summed E-state index contributed by atoms with van der Waals surface area (Å²) >= 11 is 0. The smallest absolute Gasteiger partial charge is 0.153 e. The van der Waals surface area contributed by atoms with Gasteiger partial charge in [-0.3, -0.25) is 0 Å². The summed E-state index contributed by atoms with van der Waals surface area (Å²) in [5.41, 5.74) is 6.95. The van der Waals surface area contributed by atoms with Crippen molar-refractivity contribution in [1.29, 1.82) is 0 Å². The molecule has 1 unspecified atom stereocenters. The standard InChI is InChI=1S/C12H17FN2O2S/c1-9(14)12-10(13)3-2-4-11(12)15-5-7-18(16,17)8-6-15/h2-4,9H,5-8,14H2,1H3. The fourth-order valence-corrected chi connectivity index (χ4v) is 3.41. The maximum absolute atomic E-state index is 13.8. The van der Waals surface area contributed by atoms with Gasteiger partial charge in [0.15, 0.2) is 9.84 Å². The number of nitrogens with zero attached hydrogens (tertiary/aromatic N) is 1. The van der Waals surface area contributed by atoms with Crippen molar-refractivity contribution in [3.63, 3.8) is 0 Å². The van der Waals surface area contributed by atoms with Crippen LogP contribution >= 0.6 is 0 Å². The molecule has 0 aromatic heterocycles. The van der Waals surface area contributed by atoms with E-state index >= 15 is 0 Å². The van der Waals surface area contributed by atoms with Crippen LogP contribution in [0.2, 0.25) is 0 Å². The predicted octanol–water partition coefficient (Wildman–Crippen LogP) is 1.08. The van der Waals surface area contributed by atoms with Gasteiger partial charge in [-0.2, -0.15) is 0 Å². The Labute approximate surface area is 107 Å². The summed E-state index contributed by atoms with van der Waals surface area (Å²) in [5, 5.41) is 0. The van der Waals surface area contributed by atoms with Gasteiger partial charge in [0.2, 0.25) is 0 Å². The van der Waals surface area contributed by atoms with Crippen LogP contribution in [-0.2, 0) is 9.84 Å². The number of sulfone groups is 1. The maximum atomic E-state index is 13.8. The zero-order chi connectivity index (χ0) is 13.3. The zero-order valence-electron chi connectivity index (χ0n) is 10.3. The molecule has 18 heavy (non-hydrogen) atoms. The molecule has 1 fully saturated rings. The Morgan fingerprint density at radius 2 is 1.94 bits per heavy atom. The topological polar surface area (TPSA) is 63.4 Å². The number of hydrogen-bond acceptors (Lipinski definition) is 4. The Bertz CT molecular complexity index is 529. The van der Waals surface area contributed by atoms with Crippen LogP contribution in [0.5, 0.6) is 0 Å². The number of hydrogen-bond donors (Lipinski definition) is 1. The third kappa shape index (κ3) is 2.64. The van der Waals surface area contributed by atoms with Crippen LogP contribution in [0.3, 0.4) is 0 Å². The van der Waals surface area contributed by atoms with E-state index in [1.165, 1.54) is 6.07 Å². The number of halogens is 1. The van der Waals surface area contributed by atoms with E-state index in [0.29, 0.717) is 24.3 Å². The van der Waals surface area contributed by atoms with Crippen molar-refractivity contribution in [1.82, 2.24) is 0 Å². The molecule has 1 atom stereocenters. The van der Waals surface area contributed by atoms with Crippen molar-refractivity contribution in [2.24, 2.45) is 5.73 Å². The minimum absolute atomic E-state index is 0.113. The van der Waals surface area contributed by atoms with Crippen molar-refractivity contribution in [2.45, 2.75) is 13.0 Å². The van der Waals surface area contributed by atoms with Gasteiger partial charge in [0.05, 0.1) is 11.5 Å². The van der Waals surface area contributed by atoms with Gasteiger partial charge >= 0.3 is 0 Å². The number of rotatable bonds is 2. The third-order valence-corrected chi connectivity index (χ3v) is 4.78. The maximum Gasteiger partial charge on any atom is 0.153 e. The van der Waals surface area contributed by atoms with Crippen molar-refractivity contribution in [2.75, 3.05) is 29.5 Å². The highest BCUT2D eigenvalue weighted by Crippen LogP contribution is 2.28. The van der Waals surface area contributed by atoms with Crippen LogP contribution in [-0.4, -0.2) is 33.0 Å². The fourth-order valence-electron chi connectivity index (χ4n) is 2.21. The molecule has 1 heterocycles. The summed E-state index contributed by atoms with van der Waals surface area (Å²) in [6, 6.07) is 4.38. The molecule has 1 aliphatic rings.